The quantitative estimate of drug-likeness (QED) is 0.0563. The van der Waals surface area contributed by atoms with Gasteiger partial charge in [-0.15, -0.1) is 0 Å². The smallest absolute Gasteiger partial charge is 0.210 e. The van der Waals surface area contributed by atoms with Gasteiger partial charge in [0.15, 0.2) is 23.1 Å². The van der Waals surface area contributed by atoms with Gasteiger partial charge in [-0.3, -0.25) is 0 Å². The Hall–Kier alpha value is -7.86. The van der Waals surface area contributed by atoms with Crippen LogP contribution >= 0.6 is 0 Å². The summed E-state index contributed by atoms with van der Waals surface area (Å²) in [6.45, 7) is 54.6. The van der Waals surface area contributed by atoms with E-state index in [0.29, 0.717) is 70.0 Å². The molecule has 0 spiro atoms. The van der Waals surface area contributed by atoms with Gasteiger partial charge in [0.05, 0.1) is 53.2 Å². The van der Waals surface area contributed by atoms with E-state index in [9.17, 15) is 32.5 Å². The van der Waals surface area contributed by atoms with Gasteiger partial charge in [0.25, 0.3) is 0 Å². The number of methoxy groups -OCH3 is 1. The molecule has 0 aliphatic heterocycles. The molecule has 3 N–H and O–H groups in total. The minimum Gasteiger partial charge on any atom is -0.493 e. The summed E-state index contributed by atoms with van der Waals surface area (Å²) in [4.78, 5) is 0.0434. The molecule has 8 aromatic carbocycles. The highest BCUT2D eigenvalue weighted by molar-refractivity contribution is 7.91. The molecule has 650 valence electrons. The Kier molecular flexibility index (Phi) is 42.7. The summed E-state index contributed by atoms with van der Waals surface area (Å²) in [5.41, 5.74) is 14.4. The second-order valence-corrected chi connectivity index (χ2v) is 38.1. The number of nitrogens with zero attached hydrogens (tertiary/aromatic N) is 1. The number of ether oxygens (including phenoxy) is 4. The predicted molar refractivity (Wildman–Crippen MR) is 491 cm³/mol. The lowest BCUT2D eigenvalue weighted by atomic mass is 9.73. The zero-order valence-electron chi connectivity index (χ0n) is 77.3. The van der Waals surface area contributed by atoms with Crippen LogP contribution in [0, 0.1) is 36.9 Å². The molecule has 1 unspecified atom stereocenters. The Labute approximate surface area is 714 Å². The maximum Gasteiger partial charge on any atom is 0.210 e. The van der Waals surface area contributed by atoms with Gasteiger partial charge in [0, 0.05) is 0 Å². The summed E-state index contributed by atoms with van der Waals surface area (Å²) < 4.78 is 71.5. The zero-order chi connectivity index (χ0) is 88.6. The highest BCUT2D eigenvalue weighted by Crippen LogP contribution is 2.44. The van der Waals surface area contributed by atoms with Crippen LogP contribution < -0.4 is 18.9 Å². The Balaban J connectivity index is 0.000000284. The largest absolute Gasteiger partial charge is 0.493 e. The van der Waals surface area contributed by atoms with E-state index in [-0.39, 0.29) is 28.8 Å². The molecule has 0 saturated heterocycles. The molecule has 3 saturated carbocycles. The van der Waals surface area contributed by atoms with Crippen LogP contribution in [0.3, 0.4) is 0 Å². The number of nitriles is 1. The lowest BCUT2D eigenvalue weighted by molar-refractivity contribution is -0.0394. The number of aliphatic hydroxyl groups is 3. The first kappa shape index (κ1) is 102. The van der Waals surface area contributed by atoms with Gasteiger partial charge in [-0.05, 0) is 286 Å². The minimum absolute atomic E-state index is 0.00640. The molecule has 0 amide bonds. The summed E-state index contributed by atoms with van der Waals surface area (Å²) in [7, 11) is -2.10. The molecule has 0 bridgehead atoms. The topological polar surface area (TPSA) is 156 Å². The first-order valence-electron chi connectivity index (χ1n) is 43.9. The third-order valence-corrected chi connectivity index (χ3v) is 24.1. The van der Waals surface area contributed by atoms with Crippen molar-refractivity contribution in [3.8, 4) is 29.1 Å². The van der Waals surface area contributed by atoms with Crippen LogP contribution in [0.2, 0.25) is 0 Å². The summed E-state index contributed by atoms with van der Waals surface area (Å²) in [5.74, 6) is 6.96. The van der Waals surface area contributed by atoms with Crippen molar-refractivity contribution in [1.29, 1.82) is 5.26 Å². The summed E-state index contributed by atoms with van der Waals surface area (Å²) in [6, 6.07) is 56.1. The number of hydrogen-bond acceptors (Lipinski definition) is 10. The van der Waals surface area contributed by atoms with Crippen LogP contribution in [0.15, 0.2) is 169 Å². The van der Waals surface area contributed by atoms with Crippen LogP contribution in [0.4, 0.5) is 8.78 Å². The number of aryl methyl sites for hydroxylation is 3. The van der Waals surface area contributed by atoms with Gasteiger partial charge in [0.1, 0.15) is 11.8 Å². The molecule has 3 aliphatic rings. The van der Waals surface area contributed by atoms with Crippen molar-refractivity contribution in [3.63, 3.8) is 0 Å². The highest BCUT2D eigenvalue weighted by Gasteiger charge is 2.38. The molecule has 11 rings (SSSR count). The molecule has 0 aromatic heterocycles. The maximum atomic E-state index is 13.8. The Morgan fingerprint density at radius 1 is 0.432 bits per heavy atom. The van der Waals surface area contributed by atoms with Crippen molar-refractivity contribution >= 4 is 9.84 Å². The first-order valence-corrected chi connectivity index (χ1v) is 45.4. The molecule has 10 nitrogen and oxygen atoms in total. The van der Waals surface area contributed by atoms with E-state index >= 15 is 0 Å². The van der Waals surface area contributed by atoms with Gasteiger partial charge >= 0.3 is 0 Å². The molecule has 118 heavy (non-hydrogen) atoms. The molecule has 3 aliphatic carbocycles. The third-order valence-electron chi connectivity index (χ3n) is 22.3. The standard InChI is InChI=1S/C15H24O2.C15H22O.C14H20O.C13H17NO.C13H18O.C12H17FO.C12H18.C11H15FO2S/c1-11(2)8-9-17-14-7-6-13(12(3)4)10-15(14)16-5;1-12(2)13-6-8-14(9-7-13)15(16)10-4-3-5-11-15;1-10(2)12-5-6-13(11(3)9-12)14(15)7-4-8-14;1-9(2)11-5-6-13(15-10(3)4)12(7-11)8-14;1-10(2)11-4-6-12(7-5-11)13(14)8-3-9-13;1-8(2)10-6-5-7-11(12(10)13)14-9(3)4;1-5-11-6-7-12(9(2)3)8-10(11)4;1-8(2)10-4-6-11(7-5-10)15(13,14)9(3)12/h6-7,10-12H,8-9H2,1-5H3;6-9,12,16H,3-5,10-11H2,1-2H3;5-6,9-10,15H,4,7-8H2,1-3H3;5-7,9-10H,1-4H3;4-7,10,14H,3,8-9H2,1-2H3;5-9H,1-4H3;6-9H,5H2,1-4H3;4-9H,1-3H3. The van der Waals surface area contributed by atoms with Crippen molar-refractivity contribution in [2.24, 2.45) is 5.92 Å². The van der Waals surface area contributed by atoms with Gasteiger partial charge in [0.2, 0.25) is 15.3 Å². The Morgan fingerprint density at radius 3 is 1.19 bits per heavy atom. The van der Waals surface area contributed by atoms with Crippen molar-refractivity contribution in [2.75, 3.05) is 13.7 Å². The van der Waals surface area contributed by atoms with E-state index in [4.69, 9.17) is 24.2 Å². The monoisotopic (exact) mass is 1640 g/mol. The molecular weight excluding hydrogens is 1490 g/mol. The van der Waals surface area contributed by atoms with Crippen LogP contribution in [0.5, 0.6) is 23.0 Å². The maximum absolute atomic E-state index is 13.8. The van der Waals surface area contributed by atoms with E-state index in [0.717, 1.165) is 124 Å². The van der Waals surface area contributed by atoms with Crippen LogP contribution in [-0.4, -0.2) is 55.2 Å². The highest BCUT2D eigenvalue weighted by atomic mass is 32.2. The number of sulfone groups is 1. The average molecular weight is 1640 g/mol. The second-order valence-electron chi connectivity index (χ2n) is 35.9. The summed E-state index contributed by atoms with van der Waals surface area (Å²) >= 11 is 0. The summed E-state index contributed by atoms with van der Waals surface area (Å²) in [6.07, 6.45) is 13.8. The van der Waals surface area contributed by atoms with Gasteiger partial charge in [-0.2, -0.15) is 5.26 Å². The molecule has 8 aromatic rings. The Morgan fingerprint density at radius 2 is 0.822 bits per heavy atom. The summed E-state index contributed by atoms with van der Waals surface area (Å²) in [5, 5.41) is 40.0. The molecule has 13 heteroatoms. The number of benzene rings is 8. The van der Waals surface area contributed by atoms with Crippen molar-refractivity contribution in [1.82, 2.24) is 0 Å². The first-order chi connectivity index (χ1) is 55.4. The molecule has 0 heterocycles. The van der Waals surface area contributed by atoms with Gasteiger partial charge < -0.3 is 34.3 Å². The van der Waals surface area contributed by atoms with Gasteiger partial charge in [-0.1, -0.05) is 272 Å². The lowest BCUT2D eigenvalue weighted by Gasteiger charge is -2.38. The minimum atomic E-state index is -3.79. The fourth-order valence-corrected chi connectivity index (χ4v) is 14.8. The molecular formula is C105H151F2NO9S. The van der Waals surface area contributed by atoms with Crippen LogP contribution in [0.1, 0.15) is 374 Å². The average Bonchev–Trinajstić information content (AvgIpc) is 0.778. The number of rotatable bonds is 23. The van der Waals surface area contributed by atoms with Crippen molar-refractivity contribution in [3.05, 3.63) is 253 Å². The predicted octanol–water partition coefficient (Wildman–Crippen LogP) is 28.7. The van der Waals surface area contributed by atoms with Crippen molar-refractivity contribution < 1.29 is 51.5 Å². The van der Waals surface area contributed by atoms with Crippen LogP contribution in [0.25, 0.3) is 0 Å². The molecule has 1 atom stereocenters. The third kappa shape index (κ3) is 32.3. The Bertz CT molecular complexity index is 4400. The zero-order valence-corrected chi connectivity index (χ0v) is 78.1. The van der Waals surface area contributed by atoms with Crippen LogP contribution in [-0.2, 0) is 33.1 Å². The van der Waals surface area contributed by atoms with Crippen molar-refractivity contribution in [2.45, 2.75) is 350 Å². The fourth-order valence-electron chi connectivity index (χ4n) is 13.9. The van der Waals surface area contributed by atoms with E-state index < -0.39 is 32.1 Å². The number of halogens is 2. The lowest BCUT2D eigenvalue weighted by Crippen LogP contribution is -2.34. The SMILES string of the molecule is CC(C)Oc1ccc(C(C)C)cc1C#N.CC(C)Oc1cccc(C(C)C)c1F.CC(C)c1ccc(C2(O)CCC2)cc1.CC(C)c1ccc(C2(O)CCCCC2)cc1.CC(C)c1ccc(S(=O)(=O)C(C)F)cc1.CCc1ccc(C(C)C)cc1C.COc1cc(C(C)C)ccc1OCCC(C)C.Cc1cc(C(C)C)ccc1C1(O)CCC1. The van der Waals surface area contributed by atoms with E-state index in [1.807, 2.05) is 85.7 Å². The van der Waals surface area contributed by atoms with E-state index in [2.05, 4.69) is 221 Å². The normalized spacial score (nSPS) is 14.6. The number of alkyl halides is 1. The second kappa shape index (κ2) is 49.2. The van der Waals surface area contributed by atoms with E-state index in [1.54, 1.807) is 31.4 Å². The molecule has 3 fully saturated rings. The van der Waals surface area contributed by atoms with Gasteiger partial charge in [-0.25, -0.2) is 17.2 Å². The fraction of sp³-hybridized carbons (Fsp3) is 0.533. The number of hydrogen-bond donors (Lipinski definition) is 3. The molecule has 0 radical (unpaired) electrons. The van der Waals surface area contributed by atoms with E-state index in [1.165, 1.54) is 68.6 Å².